The van der Waals surface area contributed by atoms with Crippen LogP contribution < -0.4 is 5.73 Å². The van der Waals surface area contributed by atoms with E-state index in [-0.39, 0.29) is 22.8 Å². The van der Waals surface area contributed by atoms with E-state index in [0.29, 0.717) is 19.1 Å². The topological polar surface area (TPSA) is 92.7 Å². The second-order valence-corrected chi connectivity index (χ2v) is 5.32. The summed E-state index contributed by atoms with van der Waals surface area (Å²) in [4.78, 5) is 26.8. The first-order valence-corrected chi connectivity index (χ1v) is 6.97. The summed E-state index contributed by atoms with van der Waals surface area (Å²) in [5.74, 6) is -0.234. The maximum atomic E-state index is 12.6. The van der Waals surface area contributed by atoms with Gasteiger partial charge in [0.2, 0.25) is 0 Å². The fourth-order valence-electron chi connectivity index (χ4n) is 2.58. The van der Waals surface area contributed by atoms with E-state index in [1.165, 1.54) is 18.2 Å². The minimum atomic E-state index is -0.519. The molecule has 0 bridgehead atoms. The lowest BCUT2D eigenvalue weighted by Crippen LogP contribution is -2.53. The molecule has 2 N–H and O–H groups in total. The number of rotatable bonds is 3. The Balaban J connectivity index is 2.24. The number of piperazine rings is 1. The van der Waals surface area contributed by atoms with Gasteiger partial charge in [-0.1, -0.05) is 6.92 Å². The van der Waals surface area contributed by atoms with Crippen molar-refractivity contribution in [3.05, 3.63) is 33.9 Å². The molecule has 1 aromatic rings. The van der Waals surface area contributed by atoms with Crippen LogP contribution >= 0.6 is 0 Å². The fourth-order valence-corrected chi connectivity index (χ4v) is 2.58. The molecule has 0 aromatic heterocycles. The average Bonchev–Trinajstić information content (AvgIpc) is 2.47. The third-order valence-corrected chi connectivity index (χ3v) is 4.01. The molecular weight excluding hydrogens is 272 g/mol. The van der Waals surface area contributed by atoms with Crippen LogP contribution in [0, 0.1) is 10.1 Å². The van der Waals surface area contributed by atoms with Crippen LogP contribution in [0.5, 0.6) is 0 Å². The Morgan fingerprint density at radius 2 is 2.19 bits per heavy atom. The third-order valence-electron chi connectivity index (χ3n) is 4.01. The molecule has 1 amide bonds. The van der Waals surface area contributed by atoms with Gasteiger partial charge in [0, 0.05) is 43.5 Å². The standard InChI is InChI=1S/C14H20N4O3/c1-3-10-9-17(7-6-16(10)2)14(19)12-8-11(18(20)21)4-5-13(12)15/h4-5,8,10H,3,6-7,9,15H2,1-2H3. The number of anilines is 1. The van der Waals surface area contributed by atoms with Gasteiger partial charge in [-0.3, -0.25) is 19.8 Å². The molecule has 1 unspecified atom stereocenters. The van der Waals surface area contributed by atoms with Crippen molar-refractivity contribution in [1.82, 2.24) is 9.80 Å². The smallest absolute Gasteiger partial charge is 0.270 e. The molecule has 0 spiro atoms. The number of nitro groups is 1. The molecule has 1 saturated heterocycles. The number of nitrogen functional groups attached to an aromatic ring is 1. The Labute approximate surface area is 123 Å². The van der Waals surface area contributed by atoms with Crippen LogP contribution in [-0.4, -0.2) is 53.4 Å². The van der Waals surface area contributed by atoms with Crippen LogP contribution in [0.15, 0.2) is 18.2 Å². The minimum absolute atomic E-state index is 0.117. The van der Waals surface area contributed by atoms with E-state index in [2.05, 4.69) is 11.8 Å². The summed E-state index contributed by atoms with van der Waals surface area (Å²) in [6.45, 7) is 4.10. The van der Waals surface area contributed by atoms with Gasteiger partial charge in [-0.15, -0.1) is 0 Å². The number of nitrogens with zero attached hydrogens (tertiary/aromatic N) is 3. The highest BCUT2D eigenvalue weighted by atomic mass is 16.6. The molecule has 1 aliphatic rings. The highest BCUT2D eigenvalue weighted by molar-refractivity contribution is 5.99. The Hall–Kier alpha value is -2.15. The number of non-ortho nitro benzene ring substituents is 1. The first-order chi connectivity index (χ1) is 9.93. The molecule has 1 aliphatic heterocycles. The number of nitrogens with two attached hydrogens (primary N) is 1. The molecule has 7 nitrogen and oxygen atoms in total. The van der Waals surface area contributed by atoms with Crippen molar-refractivity contribution in [3.8, 4) is 0 Å². The summed E-state index contributed by atoms with van der Waals surface area (Å²) < 4.78 is 0. The van der Waals surface area contributed by atoms with Gasteiger partial charge in [-0.05, 0) is 19.5 Å². The minimum Gasteiger partial charge on any atom is -0.398 e. The summed E-state index contributed by atoms with van der Waals surface area (Å²) in [7, 11) is 2.04. The molecule has 1 heterocycles. The molecule has 114 valence electrons. The van der Waals surface area contributed by atoms with Crippen molar-refractivity contribution in [3.63, 3.8) is 0 Å². The molecule has 0 aliphatic carbocycles. The highest BCUT2D eigenvalue weighted by Gasteiger charge is 2.28. The van der Waals surface area contributed by atoms with Crippen molar-refractivity contribution in [2.75, 3.05) is 32.4 Å². The number of nitro benzene ring substituents is 1. The number of benzene rings is 1. The van der Waals surface area contributed by atoms with Crippen LogP contribution in [0.4, 0.5) is 11.4 Å². The zero-order valence-electron chi connectivity index (χ0n) is 12.3. The molecule has 2 rings (SSSR count). The molecule has 1 fully saturated rings. The van der Waals surface area contributed by atoms with Crippen LogP contribution in [0.25, 0.3) is 0 Å². The van der Waals surface area contributed by atoms with Crippen LogP contribution in [0.2, 0.25) is 0 Å². The van der Waals surface area contributed by atoms with Gasteiger partial charge in [0.1, 0.15) is 0 Å². The van der Waals surface area contributed by atoms with E-state index in [0.717, 1.165) is 13.0 Å². The van der Waals surface area contributed by atoms with Gasteiger partial charge in [0.05, 0.1) is 10.5 Å². The monoisotopic (exact) mass is 292 g/mol. The van der Waals surface area contributed by atoms with E-state index in [1.807, 2.05) is 7.05 Å². The highest BCUT2D eigenvalue weighted by Crippen LogP contribution is 2.22. The Kier molecular flexibility index (Phi) is 4.42. The van der Waals surface area contributed by atoms with Gasteiger partial charge < -0.3 is 10.6 Å². The van der Waals surface area contributed by atoms with Crippen LogP contribution in [0.1, 0.15) is 23.7 Å². The van der Waals surface area contributed by atoms with E-state index >= 15 is 0 Å². The molecule has 1 aromatic carbocycles. The van der Waals surface area contributed by atoms with Crippen molar-refractivity contribution in [2.45, 2.75) is 19.4 Å². The summed E-state index contributed by atoms with van der Waals surface area (Å²) in [6.07, 6.45) is 0.949. The number of carbonyl (C=O) groups excluding carboxylic acids is 1. The van der Waals surface area contributed by atoms with Gasteiger partial charge in [-0.25, -0.2) is 0 Å². The number of hydrogen-bond acceptors (Lipinski definition) is 5. The normalized spacial score (nSPS) is 19.5. The second-order valence-electron chi connectivity index (χ2n) is 5.32. The lowest BCUT2D eigenvalue weighted by Gasteiger charge is -2.39. The molecular formula is C14H20N4O3. The summed E-state index contributed by atoms with van der Waals surface area (Å²) >= 11 is 0. The quantitative estimate of drug-likeness (QED) is 0.515. The molecule has 1 atom stereocenters. The van der Waals surface area contributed by atoms with Crippen LogP contribution in [0.3, 0.4) is 0 Å². The van der Waals surface area contributed by atoms with Gasteiger partial charge in [0.15, 0.2) is 0 Å². The number of likely N-dealkylation sites (N-methyl/N-ethyl adjacent to an activating group) is 1. The van der Waals surface area contributed by atoms with E-state index in [4.69, 9.17) is 5.73 Å². The lowest BCUT2D eigenvalue weighted by molar-refractivity contribution is -0.384. The van der Waals surface area contributed by atoms with Crippen LogP contribution in [-0.2, 0) is 0 Å². The molecule has 21 heavy (non-hydrogen) atoms. The zero-order valence-corrected chi connectivity index (χ0v) is 12.3. The molecule has 7 heteroatoms. The SMILES string of the molecule is CCC1CN(C(=O)c2cc([N+](=O)[O-])ccc2N)CCN1C. The van der Waals surface area contributed by atoms with E-state index in [1.54, 1.807) is 4.90 Å². The van der Waals surface area contributed by atoms with Crippen molar-refractivity contribution >= 4 is 17.3 Å². The predicted molar refractivity (Wildman–Crippen MR) is 80.1 cm³/mol. The van der Waals surface area contributed by atoms with Crippen molar-refractivity contribution < 1.29 is 9.72 Å². The van der Waals surface area contributed by atoms with E-state index < -0.39 is 4.92 Å². The van der Waals surface area contributed by atoms with Gasteiger partial charge in [0.25, 0.3) is 11.6 Å². The predicted octanol–water partition coefficient (Wildman–Crippen LogP) is 1.34. The number of hydrogen-bond donors (Lipinski definition) is 1. The second kappa shape index (κ2) is 6.09. The fraction of sp³-hybridized carbons (Fsp3) is 0.500. The lowest BCUT2D eigenvalue weighted by atomic mass is 10.1. The Morgan fingerprint density at radius 3 is 2.81 bits per heavy atom. The third kappa shape index (κ3) is 3.13. The summed E-state index contributed by atoms with van der Waals surface area (Å²) in [5.41, 5.74) is 6.18. The molecule has 0 radical (unpaired) electrons. The average molecular weight is 292 g/mol. The zero-order chi connectivity index (χ0) is 15.6. The maximum absolute atomic E-state index is 12.6. The summed E-state index contributed by atoms with van der Waals surface area (Å²) in [6, 6.07) is 4.29. The molecule has 0 saturated carbocycles. The van der Waals surface area contributed by atoms with E-state index in [9.17, 15) is 14.9 Å². The van der Waals surface area contributed by atoms with Crippen molar-refractivity contribution in [2.24, 2.45) is 0 Å². The van der Waals surface area contributed by atoms with Gasteiger partial charge >= 0.3 is 0 Å². The van der Waals surface area contributed by atoms with Crippen molar-refractivity contribution in [1.29, 1.82) is 0 Å². The number of carbonyl (C=O) groups is 1. The Morgan fingerprint density at radius 1 is 1.48 bits per heavy atom. The summed E-state index contributed by atoms with van der Waals surface area (Å²) in [5, 5.41) is 10.8. The first-order valence-electron chi connectivity index (χ1n) is 6.97. The maximum Gasteiger partial charge on any atom is 0.270 e. The number of amides is 1. The largest absolute Gasteiger partial charge is 0.398 e. The van der Waals surface area contributed by atoms with Gasteiger partial charge in [-0.2, -0.15) is 0 Å². The Bertz CT molecular complexity index is 561. The first kappa shape index (κ1) is 15.2.